The number of rotatable bonds is 3. The molecule has 2 bridgehead atoms. The van der Waals surface area contributed by atoms with Gasteiger partial charge in [0.25, 0.3) is 0 Å². The fraction of sp³-hybridized carbons (Fsp3) is 0.412. The minimum atomic E-state index is -1.66. The lowest BCUT2D eigenvalue weighted by Crippen LogP contribution is -2.44. The Bertz CT molecular complexity index is 975. The Hall–Kier alpha value is -2.68. The van der Waals surface area contributed by atoms with Gasteiger partial charge in [-0.15, -0.1) is 0 Å². The molecule has 0 aliphatic carbocycles. The monoisotopic (exact) mass is 365 g/mol. The van der Waals surface area contributed by atoms with Gasteiger partial charge >= 0.3 is 6.16 Å². The van der Waals surface area contributed by atoms with E-state index in [9.17, 15) is 14.0 Å². The van der Waals surface area contributed by atoms with Gasteiger partial charge in [-0.1, -0.05) is 0 Å². The highest BCUT2D eigenvalue weighted by atomic mass is 19.1. The standard InChI is InChI=1S/C17H17F2N3O4/c1-2-21-7-12(26-17(24)25)16(23)10-4-11(18)15(13(19)14(10)21)22-6-8-3-9(22)5-20-8/h4,7-9,20H,2-3,5-6H2,1H3,(H,24,25). The smallest absolute Gasteiger partial charge is 0.449 e. The molecule has 0 amide bonds. The summed E-state index contributed by atoms with van der Waals surface area (Å²) in [7, 11) is 0. The van der Waals surface area contributed by atoms with E-state index in [0.717, 1.165) is 18.7 Å². The van der Waals surface area contributed by atoms with Crippen molar-refractivity contribution < 1.29 is 23.4 Å². The van der Waals surface area contributed by atoms with Gasteiger partial charge in [-0.25, -0.2) is 13.6 Å². The SMILES string of the molecule is CCn1cc(OC(=O)O)c(=O)c2cc(F)c(N3CC4CC3CN4)c(F)c21. The molecular weight excluding hydrogens is 348 g/mol. The number of halogens is 2. The highest BCUT2D eigenvalue weighted by molar-refractivity contribution is 5.86. The van der Waals surface area contributed by atoms with Crippen LogP contribution in [-0.4, -0.2) is 41.0 Å². The second-order valence-corrected chi connectivity index (χ2v) is 6.54. The number of piperazine rings is 1. The van der Waals surface area contributed by atoms with Crippen LogP contribution >= 0.6 is 0 Å². The van der Waals surface area contributed by atoms with E-state index in [1.54, 1.807) is 11.8 Å². The number of benzene rings is 1. The molecular formula is C17H17F2N3O4. The number of nitrogens with one attached hydrogen (secondary N) is 1. The molecule has 2 aliphatic rings. The van der Waals surface area contributed by atoms with Crippen molar-refractivity contribution in [3.63, 3.8) is 0 Å². The number of anilines is 1. The van der Waals surface area contributed by atoms with Crippen LogP contribution in [0.3, 0.4) is 0 Å². The van der Waals surface area contributed by atoms with Crippen LogP contribution in [0, 0.1) is 11.6 Å². The van der Waals surface area contributed by atoms with Crippen LogP contribution in [-0.2, 0) is 6.54 Å². The van der Waals surface area contributed by atoms with E-state index >= 15 is 4.39 Å². The Morgan fingerprint density at radius 1 is 1.46 bits per heavy atom. The van der Waals surface area contributed by atoms with Crippen molar-refractivity contribution in [2.45, 2.75) is 32.0 Å². The molecule has 9 heteroatoms. The third-order valence-corrected chi connectivity index (χ3v) is 5.08. The normalized spacial score (nSPS) is 21.6. The zero-order valence-electron chi connectivity index (χ0n) is 14.0. The average molecular weight is 365 g/mol. The number of nitrogens with zero attached hydrogens (tertiary/aromatic N) is 2. The zero-order valence-corrected chi connectivity index (χ0v) is 14.0. The molecule has 4 rings (SSSR count). The largest absolute Gasteiger partial charge is 0.511 e. The van der Waals surface area contributed by atoms with E-state index in [-0.39, 0.29) is 35.2 Å². The number of aromatic nitrogens is 1. The van der Waals surface area contributed by atoms with Gasteiger partial charge in [-0.2, -0.15) is 0 Å². The second kappa shape index (κ2) is 5.94. The van der Waals surface area contributed by atoms with Gasteiger partial charge in [0, 0.05) is 31.7 Å². The van der Waals surface area contributed by atoms with Crippen LogP contribution in [0.4, 0.5) is 19.3 Å². The molecule has 1 aromatic carbocycles. The Balaban J connectivity index is 1.95. The van der Waals surface area contributed by atoms with Gasteiger partial charge in [-0.3, -0.25) is 4.79 Å². The highest BCUT2D eigenvalue weighted by Crippen LogP contribution is 2.36. The molecule has 2 aliphatic heterocycles. The molecule has 2 atom stereocenters. The van der Waals surface area contributed by atoms with Crippen LogP contribution in [0.15, 0.2) is 17.1 Å². The quantitative estimate of drug-likeness (QED) is 0.809. The number of hydrogen-bond donors (Lipinski definition) is 2. The Kier molecular flexibility index (Phi) is 3.83. The molecule has 2 aromatic rings. The van der Waals surface area contributed by atoms with Gasteiger partial charge in [0.05, 0.1) is 17.1 Å². The van der Waals surface area contributed by atoms with Crippen molar-refractivity contribution in [1.82, 2.24) is 9.88 Å². The molecule has 2 fully saturated rings. The number of carboxylic acid groups (broad SMARTS) is 1. The molecule has 3 heterocycles. The Labute approximate surface area is 146 Å². The van der Waals surface area contributed by atoms with Gasteiger partial charge in [0.15, 0.2) is 11.6 Å². The van der Waals surface area contributed by atoms with Crippen molar-refractivity contribution >= 4 is 22.7 Å². The van der Waals surface area contributed by atoms with E-state index < -0.39 is 29.0 Å². The summed E-state index contributed by atoms with van der Waals surface area (Å²) in [4.78, 5) is 24.9. The summed E-state index contributed by atoms with van der Waals surface area (Å²) in [5, 5.41) is 11.8. The molecule has 26 heavy (non-hydrogen) atoms. The van der Waals surface area contributed by atoms with E-state index in [2.05, 4.69) is 10.1 Å². The topological polar surface area (TPSA) is 83.8 Å². The first-order valence-corrected chi connectivity index (χ1v) is 8.36. The van der Waals surface area contributed by atoms with Crippen molar-refractivity contribution in [3.8, 4) is 5.75 Å². The number of aryl methyl sites for hydroxylation is 1. The number of ether oxygens (including phenoxy) is 1. The molecule has 2 saturated heterocycles. The summed E-state index contributed by atoms with van der Waals surface area (Å²) < 4.78 is 35.9. The van der Waals surface area contributed by atoms with Crippen molar-refractivity contribution in [1.29, 1.82) is 0 Å². The van der Waals surface area contributed by atoms with E-state index in [4.69, 9.17) is 5.11 Å². The Morgan fingerprint density at radius 2 is 2.23 bits per heavy atom. The lowest BCUT2D eigenvalue weighted by atomic mass is 10.1. The summed E-state index contributed by atoms with van der Waals surface area (Å²) in [6.07, 6.45) is 0.298. The number of carbonyl (C=O) groups is 1. The minimum Gasteiger partial charge on any atom is -0.449 e. The number of hydrogen-bond acceptors (Lipinski definition) is 5. The fourth-order valence-corrected chi connectivity index (χ4v) is 3.96. The first kappa shape index (κ1) is 16.8. The first-order valence-electron chi connectivity index (χ1n) is 8.36. The number of pyridine rings is 1. The van der Waals surface area contributed by atoms with Gasteiger partial charge < -0.3 is 24.6 Å². The molecule has 0 saturated carbocycles. The minimum absolute atomic E-state index is 0.0119. The second-order valence-electron chi connectivity index (χ2n) is 6.54. The van der Waals surface area contributed by atoms with Crippen molar-refractivity contribution in [2.75, 3.05) is 18.0 Å². The van der Waals surface area contributed by atoms with Crippen molar-refractivity contribution in [3.05, 3.63) is 34.1 Å². The van der Waals surface area contributed by atoms with Gasteiger partial charge in [-0.05, 0) is 19.4 Å². The van der Waals surface area contributed by atoms with Crippen molar-refractivity contribution in [2.24, 2.45) is 0 Å². The molecule has 0 spiro atoms. The van der Waals surface area contributed by atoms with E-state index in [0.29, 0.717) is 13.1 Å². The summed E-state index contributed by atoms with van der Waals surface area (Å²) in [6, 6.07) is 1.18. The highest BCUT2D eigenvalue weighted by Gasteiger charge is 2.40. The maximum absolute atomic E-state index is 15.3. The van der Waals surface area contributed by atoms with Crippen LogP contribution < -0.4 is 20.4 Å². The van der Waals surface area contributed by atoms with Crippen LogP contribution in [0.1, 0.15) is 13.3 Å². The molecule has 138 valence electrons. The summed E-state index contributed by atoms with van der Waals surface area (Å²) in [5.74, 6) is -2.13. The molecule has 7 nitrogen and oxygen atoms in total. The van der Waals surface area contributed by atoms with Crippen LogP contribution in [0.25, 0.3) is 10.9 Å². The third-order valence-electron chi connectivity index (χ3n) is 5.08. The zero-order chi connectivity index (χ0) is 18.6. The van der Waals surface area contributed by atoms with E-state index in [1.807, 2.05) is 0 Å². The maximum Gasteiger partial charge on any atom is 0.511 e. The summed E-state index contributed by atoms with van der Waals surface area (Å²) in [5.41, 5.74) is -1.05. The molecule has 1 aromatic heterocycles. The molecule has 2 N–H and O–H groups in total. The van der Waals surface area contributed by atoms with Gasteiger partial charge in [0.1, 0.15) is 11.5 Å². The third kappa shape index (κ3) is 2.42. The fourth-order valence-electron chi connectivity index (χ4n) is 3.96. The van der Waals surface area contributed by atoms with Crippen LogP contribution in [0.5, 0.6) is 5.75 Å². The van der Waals surface area contributed by atoms with Gasteiger partial charge in [0.2, 0.25) is 5.43 Å². The number of fused-ring (bicyclic) bond motifs is 3. The molecule has 2 unspecified atom stereocenters. The lowest BCUT2D eigenvalue weighted by Gasteiger charge is -2.30. The predicted octanol–water partition coefficient (Wildman–Crippen LogP) is 1.91. The van der Waals surface area contributed by atoms with E-state index in [1.165, 1.54) is 4.57 Å². The maximum atomic E-state index is 15.3. The van der Waals surface area contributed by atoms with Crippen LogP contribution in [0.2, 0.25) is 0 Å². The predicted molar refractivity (Wildman–Crippen MR) is 90.0 cm³/mol. The Morgan fingerprint density at radius 3 is 2.81 bits per heavy atom. The average Bonchev–Trinajstić information content (AvgIpc) is 3.20. The lowest BCUT2D eigenvalue weighted by molar-refractivity contribution is 0.144. The summed E-state index contributed by atoms with van der Waals surface area (Å²) >= 11 is 0. The summed E-state index contributed by atoms with van der Waals surface area (Å²) in [6.45, 7) is 3.12. The molecule has 0 radical (unpaired) electrons. The first-order chi connectivity index (χ1) is 12.4.